The average molecular weight is 294 g/mol. The van der Waals surface area contributed by atoms with E-state index in [-0.39, 0.29) is 17.9 Å². The van der Waals surface area contributed by atoms with E-state index in [0.29, 0.717) is 18.6 Å². The van der Waals surface area contributed by atoms with E-state index in [2.05, 4.69) is 10.6 Å². The summed E-state index contributed by atoms with van der Waals surface area (Å²) in [5, 5.41) is 4.62. The van der Waals surface area contributed by atoms with Gasteiger partial charge in [0.15, 0.2) is 12.9 Å². The molecule has 7 heteroatoms. The maximum atomic E-state index is 11.5. The molecule has 0 bridgehead atoms. The molecule has 0 spiro atoms. The third-order valence-corrected chi connectivity index (χ3v) is 2.49. The Morgan fingerprint density at radius 2 is 2.10 bits per heavy atom. The Morgan fingerprint density at radius 1 is 1.33 bits per heavy atom. The lowest BCUT2D eigenvalue weighted by Gasteiger charge is -2.10. The second-order valence-corrected chi connectivity index (χ2v) is 4.11. The number of nitrogens with one attached hydrogen (secondary N) is 2. The van der Waals surface area contributed by atoms with E-state index in [1.54, 1.807) is 6.07 Å². The van der Waals surface area contributed by atoms with Gasteiger partial charge in [0.25, 0.3) is 5.91 Å². The molecule has 114 valence electrons. The number of hydrogen-bond donors (Lipinski definition) is 2. The van der Waals surface area contributed by atoms with E-state index >= 15 is 0 Å². The standard InChI is InChI=1S/C14H18N2O5/c1-3-6-15-14(19)16-13(18)9-21-12-5-4-11(20-2)7-10(12)8-17/h4-5,7-8H,3,6,9H2,1-2H3,(H2,15,16,18,19). The smallest absolute Gasteiger partial charge is 0.321 e. The van der Waals surface area contributed by atoms with Crippen molar-refractivity contribution in [3.8, 4) is 11.5 Å². The van der Waals surface area contributed by atoms with Gasteiger partial charge >= 0.3 is 6.03 Å². The van der Waals surface area contributed by atoms with Crippen molar-refractivity contribution in [3.05, 3.63) is 23.8 Å². The maximum absolute atomic E-state index is 11.5. The summed E-state index contributed by atoms with van der Waals surface area (Å²) in [4.78, 5) is 33.7. The molecular formula is C14H18N2O5. The molecule has 0 aliphatic heterocycles. The van der Waals surface area contributed by atoms with Gasteiger partial charge in [0.1, 0.15) is 11.5 Å². The summed E-state index contributed by atoms with van der Waals surface area (Å²) in [6, 6.07) is 4.05. The molecule has 0 heterocycles. The van der Waals surface area contributed by atoms with Gasteiger partial charge in [-0.05, 0) is 24.6 Å². The number of hydrogen-bond acceptors (Lipinski definition) is 5. The molecule has 0 unspecified atom stereocenters. The van der Waals surface area contributed by atoms with Crippen molar-refractivity contribution in [1.29, 1.82) is 0 Å². The zero-order valence-electron chi connectivity index (χ0n) is 12.0. The summed E-state index contributed by atoms with van der Waals surface area (Å²) >= 11 is 0. The van der Waals surface area contributed by atoms with Gasteiger partial charge in [0.2, 0.25) is 0 Å². The Bertz CT molecular complexity index is 516. The summed E-state index contributed by atoms with van der Waals surface area (Å²) in [7, 11) is 1.48. The molecule has 0 aliphatic carbocycles. The van der Waals surface area contributed by atoms with Crippen LogP contribution in [0.3, 0.4) is 0 Å². The minimum atomic E-state index is -0.601. The van der Waals surface area contributed by atoms with Crippen LogP contribution in [0, 0.1) is 0 Å². The van der Waals surface area contributed by atoms with Crippen LogP contribution in [0.5, 0.6) is 11.5 Å². The monoisotopic (exact) mass is 294 g/mol. The molecule has 1 aromatic carbocycles. The van der Waals surface area contributed by atoms with E-state index in [1.165, 1.54) is 19.2 Å². The summed E-state index contributed by atoms with van der Waals surface area (Å²) in [6.07, 6.45) is 1.37. The Balaban J connectivity index is 2.53. The number of ether oxygens (including phenoxy) is 2. The molecule has 7 nitrogen and oxygen atoms in total. The molecule has 0 aromatic heterocycles. The minimum absolute atomic E-state index is 0.245. The van der Waals surface area contributed by atoms with Crippen molar-refractivity contribution in [2.24, 2.45) is 0 Å². The van der Waals surface area contributed by atoms with Gasteiger partial charge in [-0.1, -0.05) is 6.92 Å². The quantitative estimate of drug-likeness (QED) is 0.735. The van der Waals surface area contributed by atoms with Crippen LogP contribution in [0.15, 0.2) is 18.2 Å². The highest BCUT2D eigenvalue weighted by Crippen LogP contribution is 2.22. The first-order valence-corrected chi connectivity index (χ1v) is 6.44. The van der Waals surface area contributed by atoms with Crippen LogP contribution in [0.1, 0.15) is 23.7 Å². The summed E-state index contributed by atoms with van der Waals surface area (Å²) < 4.78 is 10.2. The van der Waals surface area contributed by atoms with E-state index in [0.717, 1.165) is 6.42 Å². The Hall–Kier alpha value is -2.57. The minimum Gasteiger partial charge on any atom is -0.497 e. The third-order valence-electron chi connectivity index (χ3n) is 2.49. The lowest BCUT2D eigenvalue weighted by atomic mass is 10.2. The maximum Gasteiger partial charge on any atom is 0.321 e. The van der Waals surface area contributed by atoms with Gasteiger partial charge in [-0.15, -0.1) is 0 Å². The van der Waals surface area contributed by atoms with Crippen LogP contribution in [0.4, 0.5) is 4.79 Å². The first kappa shape index (κ1) is 16.5. The summed E-state index contributed by atoms with van der Waals surface area (Å²) in [5.41, 5.74) is 0.262. The third kappa shape index (κ3) is 5.52. The lowest BCUT2D eigenvalue weighted by molar-refractivity contribution is -0.122. The van der Waals surface area contributed by atoms with E-state index < -0.39 is 11.9 Å². The fourth-order valence-corrected chi connectivity index (χ4v) is 1.47. The second kappa shape index (κ2) is 8.57. The number of aldehydes is 1. The zero-order valence-corrected chi connectivity index (χ0v) is 12.0. The Morgan fingerprint density at radius 3 is 2.71 bits per heavy atom. The predicted octanol–water partition coefficient (Wildman–Crippen LogP) is 1.12. The molecule has 3 amide bonds. The fraction of sp³-hybridized carbons (Fsp3) is 0.357. The van der Waals surface area contributed by atoms with Gasteiger partial charge in [-0.2, -0.15) is 0 Å². The molecule has 0 saturated carbocycles. The number of amides is 3. The highest BCUT2D eigenvalue weighted by molar-refractivity contribution is 5.95. The molecule has 21 heavy (non-hydrogen) atoms. The van der Waals surface area contributed by atoms with Crippen molar-refractivity contribution >= 4 is 18.2 Å². The van der Waals surface area contributed by atoms with Crippen LogP contribution < -0.4 is 20.1 Å². The lowest BCUT2D eigenvalue weighted by Crippen LogP contribution is -2.41. The second-order valence-electron chi connectivity index (χ2n) is 4.11. The predicted molar refractivity (Wildman–Crippen MR) is 75.7 cm³/mol. The van der Waals surface area contributed by atoms with Gasteiger partial charge in [-0.3, -0.25) is 14.9 Å². The highest BCUT2D eigenvalue weighted by atomic mass is 16.5. The number of methoxy groups -OCH3 is 1. The molecule has 2 N–H and O–H groups in total. The fourth-order valence-electron chi connectivity index (χ4n) is 1.47. The zero-order chi connectivity index (χ0) is 15.7. The number of carbonyl (C=O) groups is 3. The average Bonchev–Trinajstić information content (AvgIpc) is 2.50. The van der Waals surface area contributed by atoms with Crippen molar-refractivity contribution < 1.29 is 23.9 Å². The van der Waals surface area contributed by atoms with Gasteiger partial charge < -0.3 is 14.8 Å². The summed E-state index contributed by atoms with van der Waals surface area (Å²) in [6.45, 7) is 2.01. The Kier molecular flexibility index (Phi) is 6.73. The van der Waals surface area contributed by atoms with Crippen molar-refractivity contribution in [2.75, 3.05) is 20.3 Å². The van der Waals surface area contributed by atoms with Gasteiger partial charge in [0.05, 0.1) is 12.7 Å². The molecule has 0 aliphatic rings. The number of urea groups is 1. The van der Waals surface area contributed by atoms with Crippen LogP contribution >= 0.6 is 0 Å². The van der Waals surface area contributed by atoms with Crippen LogP contribution in [0.2, 0.25) is 0 Å². The summed E-state index contributed by atoms with van der Waals surface area (Å²) in [5.74, 6) is 0.152. The van der Waals surface area contributed by atoms with Crippen molar-refractivity contribution in [2.45, 2.75) is 13.3 Å². The molecule has 0 saturated heterocycles. The number of imide groups is 1. The van der Waals surface area contributed by atoms with E-state index in [9.17, 15) is 14.4 Å². The first-order valence-electron chi connectivity index (χ1n) is 6.44. The SMILES string of the molecule is CCCNC(=O)NC(=O)COc1ccc(OC)cc1C=O. The van der Waals surface area contributed by atoms with Gasteiger partial charge in [0, 0.05) is 6.54 Å². The van der Waals surface area contributed by atoms with Crippen LogP contribution in [-0.2, 0) is 4.79 Å². The molecule has 1 aromatic rings. The van der Waals surface area contributed by atoms with Crippen molar-refractivity contribution in [3.63, 3.8) is 0 Å². The molecular weight excluding hydrogens is 276 g/mol. The topological polar surface area (TPSA) is 93.7 Å². The number of rotatable bonds is 7. The number of benzene rings is 1. The normalized spacial score (nSPS) is 9.62. The highest BCUT2D eigenvalue weighted by Gasteiger charge is 2.10. The molecule has 0 fully saturated rings. The molecule has 0 radical (unpaired) electrons. The van der Waals surface area contributed by atoms with Crippen molar-refractivity contribution in [1.82, 2.24) is 10.6 Å². The molecule has 1 rings (SSSR count). The Labute approximate surface area is 122 Å². The first-order chi connectivity index (χ1) is 10.1. The van der Waals surface area contributed by atoms with Crippen LogP contribution in [-0.4, -0.2) is 38.5 Å². The largest absolute Gasteiger partial charge is 0.497 e. The van der Waals surface area contributed by atoms with Gasteiger partial charge in [-0.25, -0.2) is 4.79 Å². The van der Waals surface area contributed by atoms with E-state index in [1.807, 2.05) is 6.92 Å². The van der Waals surface area contributed by atoms with E-state index in [4.69, 9.17) is 9.47 Å². The number of carbonyl (C=O) groups excluding carboxylic acids is 3. The van der Waals surface area contributed by atoms with Crippen LogP contribution in [0.25, 0.3) is 0 Å². The molecule has 0 atom stereocenters.